The Balaban J connectivity index is 2.10. The van der Waals surface area contributed by atoms with Crippen molar-refractivity contribution >= 4 is 39.3 Å². The predicted octanol–water partition coefficient (Wildman–Crippen LogP) is 4.30. The van der Waals surface area contributed by atoms with Crippen molar-refractivity contribution in [3.8, 4) is 5.75 Å². The Kier molecular flexibility index (Phi) is 10.4. The summed E-state index contributed by atoms with van der Waals surface area (Å²) in [5, 5.41) is 2.50. The lowest BCUT2D eigenvalue weighted by atomic mass is 10.1. The van der Waals surface area contributed by atoms with Gasteiger partial charge >= 0.3 is 0 Å². The van der Waals surface area contributed by atoms with E-state index in [4.69, 9.17) is 4.74 Å². The maximum Gasteiger partial charge on any atom is 0.264 e. The first kappa shape index (κ1) is 30.0. The molecule has 2 amide bonds. The third-order valence-corrected chi connectivity index (χ3v) is 8.59. The van der Waals surface area contributed by atoms with Gasteiger partial charge in [0.15, 0.2) is 0 Å². The number of hydrogen-bond donors (Lipinski definition) is 1. The van der Waals surface area contributed by atoms with Crippen LogP contribution in [0.4, 0.5) is 10.1 Å². The number of carbonyl (C=O) groups excluding carboxylic acids is 2. The lowest BCUT2D eigenvalue weighted by Gasteiger charge is -2.32. The normalized spacial score (nSPS) is 11.9. The standard InChI is InChI=1S/C28H32FN3O5S2/c1-5-37-26-13-9-8-12-25(26)32(39(35,36)23-16-14-22(38-4)15-17-23)19-27(33)31(20(2)28(34)30-3)18-21-10-6-7-11-24(21)29/h6-17,20H,5,18-19H2,1-4H3,(H,30,34)/t20-/m1/s1. The van der Waals surface area contributed by atoms with Gasteiger partial charge < -0.3 is 15.0 Å². The highest BCUT2D eigenvalue weighted by molar-refractivity contribution is 7.98. The second kappa shape index (κ2) is 13.5. The van der Waals surface area contributed by atoms with E-state index in [-0.39, 0.29) is 35.0 Å². The van der Waals surface area contributed by atoms with Crippen LogP contribution in [-0.4, -0.2) is 57.6 Å². The summed E-state index contributed by atoms with van der Waals surface area (Å²) in [4.78, 5) is 28.4. The lowest BCUT2D eigenvalue weighted by molar-refractivity contribution is -0.139. The molecule has 0 unspecified atom stereocenters. The number of sulfonamides is 1. The minimum Gasteiger partial charge on any atom is -0.492 e. The van der Waals surface area contributed by atoms with Crippen molar-refractivity contribution in [1.82, 2.24) is 10.2 Å². The molecule has 0 aliphatic rings. The summed E-state index contributed by atoms with van der Waals surface area (Å²) in [6.45, 7) is 2.67. The molecule has 0 fully saturated rings. The van der Waals surface area contributed by atoms with Crippen LogP contribution in [0.25, 0.3) is 0 Å². The molecule has 0 saturated heterocycles. The van der Waals surface area contributed by atoms with Crippen molar-refractivity contribution in [1.29, 1.82) is 0 Å². The first-order valence-electron chi connectivity index (χ1n) is 12.3. The number of carbonyl (C=O) groups is 2. The number of nitrogens with zero attached hydrogens (tertiary/aromatic N) is 2. The molecule has 3 aromatic carbocycles. The van der Waals surface area contributed by atoms with E-state index in [2.05, 4.69) is 5.32 Å². The van der Waals surface area contributed by atoms with Gasteiger partial charge in [-0.1, -0.05) is 30.3 Å². The van der Waals surface area contributed by atoms with Crippen molar-refractivity contribution < 1.29 is 27.1 Å². The summed E-state index contributed by atoms with van der Waals surface area (Å²) in [6, 6.07) is 17.8. The van der Waals surface area contributed by atoms with Crippen molar-refractivity contribution in [3.63, 3.8) is 0 Å². The summed E-state index contributed by atoms with van der Waals surface area (Å²) in [5.74, 6) is -1.43. The molecule has 1 N–H and O–H groups in total. The van der Waals surface area contributed by atoms with Gasteiger partial charge in [-0.15, -0.1) is 11.8 Å². The monoisotopic (exact) mass is 573 g/mol. The summed E-state index contributed by atoms with van der Waals surface area (Å²) < 4.78 is 49.1. The Morgan fingerprint density at radius 1 is 1.03 bits per heavy atom. The van der Waals surface area contributed by atoms with Crippen LogP contribution in [0.2, 0.25) is 0 Å². The van der Waals surface area contributed by atoms with Crippen LogP contribution >= 0.6 is 11.8 Å². The number of rotatable bonds is 12. The van der Waals surface area contributed by atoms with Gasteiger partial charge in [0.25, 0.3) is 10.0 Å². The van der Waals surface area contributed by atoms with Gasteiger partial charge in [0, 0.05) is 24.1 Å². The molecule has 3 aromatic rings. The van der Waals surface area contributed by atoms with Gasteiger partial charge in [0.2, 0.25) is 11.8 Å². The zero-order valence-electron chi connectivity index (χ0n) is 22.3. The molecule has 0 aliphatic heterocycles. The van der Waals surface area contributed by atoms with Gasteiger partial charge in [0.1, 0.15) is 24.2 Å². The average Bonchev–Trinajstić information content (AvgIpc) is 2.95. The zero-order valence-corrected chi connectivity index (χ0v) is 23.9. The molecule has 0 aliphatic carbocycles. The van der Waals surface area contributed by atoms with Crippen molar-refractivity contribution in [2.24, 2.45) is 0 Å². The van der Waals surface area contributed by atoms with Gasteiger partial charge in [-0.3, -0.25) is 13.9 Å². The Morgan fingerprint density at radius 3 is 2.28 bits per heavy atom. The minimum atomic E-state index is -4.26. The molecular weight excluding hydrogens is 541 g/mol. The third-order valence-electron chi connectivity index (χ3n) is 6.07. The number of para-hydroxylation sites is 2. The quantitative estimate of drug-likeness (QED) is 0.325. The Hall–Kier alpha value is -3.57. The summed E-state index contributed by atoms with van der Waals surface area (Å²) in [5.41, 5.74) is 0.360. The first-order valence-corrected chi connectivity index (χ1v) is 14.9. The molecule has 8 nitrogen and oxygen atoms in total. The maximum atomic E-state index is 14.5. The Bertz CT molecular complexity index is 1400. The van der Waals surface area contributed by atoms with Crippen molar-refractivity contribution in [3.05, 3.63) is 84.2 Å². The smallest absolute Gasteiger partial charge is 0.264 e. The topological polar surface area (TPSA) is 96.0 Å². The largest absolute Gasteiger partial charge is 0.492 e. The van der Waals surface area contributed by atoms with Crippen LogP contribution in [0, 0.1) is 5.82 Å². The second-order valence-corrected chi connectivity index (χ2v) is 11.2. The Morgan fingerprint density at radius 2 is 1.67 bits per heavy atom. The van der Waals surface area contributed by atoms with Crippen LogP contribution in [-0.2, 0) is 26.2 Å². The molecular formula is C28H32FN3O5S2. The SMILES string of the molecule is CCOc1ccccc1N(CC(=O)N(Cc1ccccc1F)[C@H](C)C(=O)NC)S(=O)(=O)c1ccc(SC)cc1. The van der Waals surface area contributed by atoms with E-state index in [9.17, 15) is 22.4 Å². The van der Waals surface area contributed by atoms with E-state index in [1.807, 2.05) is 6.26 Å². The highest BCUT2D eigenvalue weighted by Crippen LogP contribution is 2.33. The number of amides is 2. The molecule has 3 rings (SSSR count). The van der Waals surface area contributed by atoms with Gasteiger partial charge in [0.05, 0.1) is 17.2 Å². The molecule has 1 atom stereocenters. The average molecular weight is 574 g/mol. The second-order valence-electron chi connectivity index (χ2n) is 8.49. The summed E-state index contributed by atoms with van der Waals surface area (Å²) in [6.07, 6.45) is 1.88. The number of anilines is 1. The van der Waals surface area contributed by atoms with Crippen molar-refractivity contribution in [2.45, 2.75) is 36.2 Å². The molecule has 0 saturated carbocycles. The molecule has 208 valence electrons. The van der Waals surface area contributed by atoms with Gasteiger partial charge in [-0.25, -0.2) is 12.8 Å². The number of hydrogen-bond acceptors (Lipinski definition) is 6. The fourth-order valence-corrected chi connectivity index (χ4v) is 5.76. The maximum absolute atomic E-state index is 14.5. The van der Waals surface area contributed by atoms with E-state index in [0.717, 1.165) is 9.20 Å². The van der Waals surface area contributed by atoms with Crippen LogP contribution < -0.4 is 14.4 Å². The molecule has 0 aromatic heterocycles. The molecule has 39 heavy (non-hydrogen) atoms. The fraction of sp³-hybridized carbons (Fsp3) is 0.286. The molecule has 11 heteroatoms. The predicted molar refractivity (Wildman–Crippen MR) is 151 cm³/mol. The molecule has 0 spiro atoms. The Labute approximate surface area is 233 Å². The number of halogens is 1. The van der Waals surface area contributed by atoms with Gasteiger partial charge in [-0.05, 0) is 62.6 Å². The van der Waals surface area contributed by atoms with E-state index < -0.39 is 40.2 Å². The number of ether oxygens (including phenoxy) is 1. The molecule has 0 radical (unpaired) electrons. The highest BCUT2D eigenvalue weighted by atomic mass is 32.2. The van der Waals surface area contributed by atoms with Gasteiger partial charge in [-0.2, -0.15) is 0 Å². The van der Waals surface area contributed by atoms with E-state index in [1.165, 1.54) is 61.0 Å². The van der Waals surface area contributed by atoms with Crippen molar-refractivity contribution in [2.75, 3.05) is 30.8 Å². The highest BCUT2D eigenvalue weighted by Gasteiger charge is 2.33. The minimum absolute atomic E-state index is 0.0144. The van der Waals surface area contributed by atoms with E-state index in [1.54, 1.807) is 49.4 Å². The van der Waals surface area contributed by atoms with Crippen LogP contribution in [0.1, 0.15) is 19.4 Å². The number of likely N-dealkylation sites (N-methyl/N-ethyl adjacent to an activating group) is 1. The number of benzene rings is 3. The van der Waals surface area contributed by atoms with E-state index in [0.29, 0.717) is 0 Å². The molecule has 0 bridgehead atoms. The van der Waals surface area contributed by atoms with E-state index >= 15 is 0 Å². The summed E-state index contributed by atoms with van der Waals surface area (Å²) >= 11 is 1.47. The van der Waals surface area contributed by atoms with Crippen LogP contribution in [0.5, 0.6) is 5.75 Å². The zero-order chi connectivity index (χ0) is 28.6. The third kappa shape index (κ3) is 7.10. The fourth-order valence-electron chi connectivity index (χ4n) is 3.93. The lowest BCUT2D eigenvalue weighted by Crippen LogP contribution is -2.50. The summed E-state index contributed by atoms with van der Waals surface area (Å²) in [7, 11) is -2.83. The molecule has 0 heterocycles. The van der Waals surface area contributed by atoms with Crippen LogP contribution in [0.3, 0.4) is 0 Å². The first-order chi connectivity index (χ1) is 18.6. The number of nitrogens with one attached hydrogen (secondary N) is 1. The number of thioether (sulfide) groups is 1. The van der Waals surface area contributed by atoms with Crippen LogP contribution in [0.15, 0.2) is 82.6 Å².